The Balaban J connectivity index is 2.17. The third kappa shape index (κ3) is 4.93. The highest BCUT2D eigenvalue weighted by Gasteiger charge is 2.25. The van der Waals surface area contributed by atoms with Crippen LogP contribution in [0.25, 0.3) is 5.47 Å². The van der Waals surface area contributed by atoms with Gasteiger partial charge in [0.25, 0.3) is 0 Å². The van der Waals surface area contributed by atoms with E-state index in [0.29, 0.717) is 6.54 Å². The lowest BCUT2D eigenvalue weighted by molar-refractivity contribution is 0.457. The molecule has 3 aromatic rings. The maximum Gasteiger partial charge on any atom is 0.241 e. The Hall–Kier alpha value is -2.79. The largest absolute Gasteiger partial charge is 0.306 e. The van der Waals surface area contributed by atoms with Gasteiger partial charge in [0.05, 0.1) is 0 Å². The number of halogens is 3. The molecular weight excluding hydrogens is 358 g/mol. The highest BCUT2D eigenvalue weighted by atomic mass is 19.1. The minimum atomic E-state index is -0.317. The highest BCUT2D eigenvalue weighted by Crippen LogP contribution is 2.19. The van der Waals surface area contributed by atoms with E-state index in [1.54, 1.807) is 36.4 Å². The molecule has 0 aliphatic heterocycles. The summed E-state index contributed by atoms with van der Waals surface area (Å²) in [7, 11) is 3.92. The van der Waals surface area contributed by atoms with Gasteiger partial charge in [-0.05, 0) is 56.1 Å². The molecule has 3 rings (SSSR count). The molecule has 3 aromatic carbocycles. The van der Waals surface area contributed by atoms with Crippen LogP contribution in [0.3, 0.4) is 0 Å². The lowest BCUT2D eigenvalue weighted by atomic mass is 9.35. The predicted molar refractivity (Wildman–Crippen MR) is 111 cm³/mol. The Bertz CT molecular complexity index is 888. The zero-order valence-corrected chi connectivity index (χ0v) is 15.9. The van der Waals surface area contributed by atoms with Gasteiger partial charge >= 0.3 is 0 Å². The van der Waals surface area contributed by atoms with Crippen LogP contribution in [0.2, 0.25) is 0 Å². The number of rotatable bonds is 6. The number of benzene rings is 3. The summed E-state index contributed by atoms with van der Waals surface area (Å²) in [6.07, 6.45) is 2.07. The predicted octanol–water partition coefficient (Wildman–Crippen LogP) is 3.90. The highest BCUT2D eigenvalue weighted by molar-refractivity contribution is 6.99. The summed E-state index contributed by atoms with van der Waals surface area (Å²) in [4.78, 5) is 2.02. The molecule has 0 fully saturated rings. The Kier molecular flexibility index (Phi) is 6.37. The fourth-order valence-corrected chi connectivity index (χ4v) is 3.19. The van der Waals surface area contributed by atoms with Gasteiger partial charge in [0, 0.05) is 6.54 Å². The van der Waals surface area contributed by atoms with Crippen molar-refractivity contribution >= 4 is 23.1 Å². The Morgan fingerprint density at radius 3 is 1.50 bits per heavy atom. The summed E-state index contributed by atoms with van der Waals surface area (Å²) in [5, 5.41) is 0. The summed E-state index contributed by atoms with van der Waals surface area (Å²) in [5.41, 5.74) is 3.57. The van der Waals surface area contributed by atoms with Crippen molar-refractivity contribution in [3.63, 3.8) is 0 Å². The zero-order valence-electron chi connectivity index (χ0n) is 15.9. The molecule has 0 aliphatic carbocycles. The zero-order chi connectivity index (χ0) is 20.1. The van der Waals surface area contributed by atoms with E-state index in [1.165, 1.54) is 36.4 Å². The van der Waals surface area contributed by atoms with E-state index in [-0.39, 0.29) is 24.2 Å². The van der Waals surface area contributed by atoms with Gasteiger partial charge in [0.1, 0.15) is 17.5 Å². The molecule has 0 bridgehead atoms. The normalized spacial score (nSPS) is 11.7. The second-order valence-corrected chi connectivity index (χ2v) is 6.96. The van der Waals surface area contributed by atoms with Crippen molar-refractivity contribution in [2.75, 3.05) is 20.6 Å². The van der Waals surface area contributed by atoms with E-state index in [9.17, 15) is 13.2 Å². The maximum absolute atomic E-state index is 13.5. The Morgan fingerprint density at radius 1 is 0.714 bits per heavy atom. The minimum Gasteiger partial charge on any atom is -0.306 e. The van der Waals surface area contributed by atoms with Crippen molar-refractivity contribution in [3.05, 3.63) is 102 Å². The molecule has 0 atom stereocenters. The van der Waals surface area contributed by atoms with E-state index in [2.05, 4.69) is 6.08 Å². The second kappa shape index (κ2) is 8.94. The monoisotopic (exact) mass is 379 g/mol. The van der Waals surface area contributed by atoms with Crippen molar-refractivity contribution in [1.29, 1.82) is 0 Å². The molecule has 0 heterocycles. The molecule has 5 heteroatoms. The van der Waals surface area contributed by atoms with Gasteiger partial charge in [-0.15, -0.1) is 0 Å². The SMILES string of the molecule is CN(C)CC=C(B(c1ccc(F)cc1)c1ccc(F)cc1)c1ccc(F)cc1. The molecule has 0 saturated carbocycles. The van der Waals surface area contributed by atoms with Gasteiger partial charge in [-0.1, -0.05) is 58.9 Å². The van der Waals surface area contributed by atoms with E-state index < -0.39 is 0 Å². The fourth-order valence-electron chi connectivity index (χ4n) is 3.19. The molecule has 142 valence electrons. The van der Waals surface area contributed by atoms with Crippen LogP contribution in [0.1, 0.15) is 5.56 Å². The van der Waals surface area contributed by atoms with Crippen LogP contribution in [-0.2, 0) is 0 Å². The van der Waals surface area contributed by atoms with Crippen LogP contribution < -0.4 is 10.9 Å². The van der Waals surface area contributed by atoms with Gasteiger partial charge in [-0.3, -0.25) is 0 Å². The lowest BCUT2D eigenvalue weighted by Gasteiger charge is -2.21. The summed E-state index contributed by atoms with van der Waals surface area (Å²) < 4.78 is 40.5. The molecular formula is C23H21BF3N. The van der Waals surface area contributed by atoms with Crippen molar-refractivity contribution in [1.82, 2.24) is 4.90 Å². The van der Waals surface area contributed by atoms with E-state index in [4.69, 9.17) is 0 Å². The average Bonchev–Trinajstić information content (AvgIpc) is 2.68. The molecule has 0 amide bonds. The van der Waals surface area contributed by atoms with E-state index in [0.717, 1.165) is 22.0 Å². The minimum absolute atomic E-state index is 0.244. The van der Waals surface area contributed by atoms with Gasteiger partial charge in [-0.25, -0.2) is 13.2 Å². The Morgan fingerprint density at radius 2 is 1.11 bits per heavy atom. The van der Waals surface area contributed by atoms with E-state index >= 15 is 0 Å². The Labute approximate surface area is 164 Å². The molecule has 0 unspecified atom stereocenters. The number of hydrogen-bond acceptors (Lipinski definition) is 1. The smallest absolute Gasteiger partial charge is 0.241 e. The van der Waals surface area contributed by atoms with Crippen molar-refractivity contribution in [2.45, 2.75) is 0 Å². The molecule has 0 radical (unpaired) electrons. The summed E-state index contributed by atoms with van der Waals surface area (Å²) in [5.74, 6) is -0.944. The maximum atomic E-state index is 13.5. The average molecular weight is 379 g/mol. The quantitative estimate of drug-likeness (QED) is 0.588. The fraction of sp³-hybridized carbons (Fsp3) is 0.130. The van der Waals surface area contributed by atoms with Crippen LogP contribution in [0.4, 0.5) is 13.2 Å². The molecule has 0 spiro atoms. The number of hydrogen-bond donors (Lipinski definition) is 0. The molecule has 28 heavy (non-hydrogen) atoms. The van der Waals surface area contributed by atoms with Crippen molar-refractivity contribution < 1.29 is 13.2 Å². The summed E-state index contributed by atoms with van der Waals surface area (Å²) in [6, 6.07) is 18.9. The van der Waals surface area contributed by atoms with Gasteiger partial charge in [-0.2, -0.15) is 0 Å². The summed E-state index contributed by atoms with van der Waals surface area (Å²) >= 11 is 0. The first-order valence-electron chi connectivity index (χ1n) is 9.05. The molecule has 0 N–H and O–H groups in total. The molecule has 0 saturated heterocycles. The van der Waals surface area contributed by atoms with Gasteiger partial charge in [0.15, 0.2) is 0 Å². The first-order valence-corrected chi connectivity index (χ1v) is 9.05. The number of likely N-dealkylation sites (N-methyl/N-ethyl adjacent to an activating group) is 1. The van der Waals surface area contributed by atoms with Crippen molar-refractivity contribution in [2.24, 2.45) is 0 Å². The van der Waals surface area contributed by atoms with Crippen LogP contribution >= 0.6 is 0 Å². The third-order valence-electron chi connectivity index (χ3n) is 4.57. The van der Waals surface area contributed by atoms with Gasteiger partial charge in [0.2, 0.25) is 6.71 Å². The van der Waals surface area contributed by atoms with E-state index in [1.807, 2.05) is 19.0 Å². The first-order chi connectivity index (χ1) is 13.4. The standard InChI is InChI=1S/C23H21BF3N/c1-28(2)16-15-23(17-3-9-20(25)10-4-17)24(18-5-11-21(26)12-6-18)19-7-13-22(27)14-8-19/h3-15H,16H2,1-2H3. The molecule has 1 nitrogen and oxygen atoms in total. The van der Waals surface area contributed by atoms with Crippen LogP contribution in [0.5, 0.6) is 0 Å². The lowest BCUT2D eigenvalue weighted by Crippen LogP contribution is -2.44. The van der Waals surface area contributed by atoms with Crippen LogP contribution in [-0.4, -0.2) is 32.3 Å². The summed E-state index contributed by atoms with van der Waals surface area (Å²) in [6.45, 7) is 0.428. The molecule has 0 aromatic heterocycles. The topological polar surface area (TPSA) is 3.24 Å². The van der Waals surface area contributed by atoms with Crippen molar-refractivity contribution in [3.8, 4) is 0 Å². The first kappa shape index (κ1) is 20.0. The second-order valence-electron chi connectivity index (χ2n) is 6.96. The van der Waals surface area contributed by atoms with Crippen LogP contribution in [0, 0.1) is 17.5 Å². The molecule has 0 aliphatic rings. The van der Waals surface area contributed by atoms with Gasteiger partial charge < -0.3 is 4.90 Å². The van der Waals surface area contributed by atoms with Crippen LogP contribution in [0.15, 0.2) is 78.9 Å². The third-order valence-corrected chi connectivity index (χ3v) is 4.57. The number of nitrogens with zero attached hydrogens (tertiary/aromatic N) is 1.